The number of nitrogens with one attached hydrogen (secondary N) is 1. The molecule has 6 nitrogen and oxygen atoms in total. The van der Waals surface area contributed by atoms with Crippen LogP contribution in [0.25, 0.3) is 17.1 Å². The molecular weight excluding hydrogens is 330 g/mol. The molecular formula is C20H19N3O3. The van der Waals surface area contributed by atoms with Gasteiger partial charge < -0.3 is 19.4 Å². The normalized spacial score (nSPS) is 12.8. The highest BCUT2D eigenvalue weighted by Gasteiger charge is 2.12. The molecule has 1 N–H and O–H groups in total. The van der Waals surface area contributed by atoms with Gasteiger partial charge in [0.1, 0.15) is 5.82 Å². The molecule has 1 aliphatic rings. The predicted molar refractivity (Wildman–Crippen MR) is 99.1 cm³/mol. The third-order valence-corrected chi connectivity index (χ3v) is 4.30. The lowest BCUT2D eigenvalue weighted by Gasteiger charge is -2.07. The third-order valence-electron chi connectivity index (χ3n) is 4.30. The van der Waals surface area contributed by atoms with Gasteiger partial charge in [0.15, 0.2) is 11.5 Å². The van der Waals surface area contributed by atoms with E-state index >= 15 is 0 Å². The van der Waals surface area contributed by atoms with E-state index in [2.05, 4.69) is 14.9 Å². The molecule has 0 aliphatic carbocycles. The van der Waals surface area contributed by atoms with Crippen molar-refractivity contribution in [2.75, 3.05) is 13.3 Å². The minimum Gasteiger partial charge on any atom is -0.454 e. The van der Waals surface area contributed by atoms with Crippen LogP contribution in [0, 0.1) is 6.92 Å². The fourth-order valence-corrected chi connectivity index (χ4v) is 3.02. The summed E-state index contributed by atoms with van der Waals surface area (Å²) < 4.78 is 12.7. The third kappa shape index (κ3) is 3.26. The zero-order valence-electron chi connectivity index (χ0n) is 14.4. The summed E-state index contributed by atoms with van der Waals surface area (Å²) >= 11 is 0. The molecule has 3 aromatic rings. The van der Waals surface area contributed by atoms with Gasteiger partial charge in [-0.05, 0) is 42.8 Å². The number of para-hydroxylation sites is 2. The van der Waals surface area contributed by atoms with Crippen molar-refractivity contribution in [1.29, 1.82) is 0 Å². The molecule has 1 amide bonds. The van der Waals surface area contributed by atoms with E-state index < -0.39 is 0 Å². The quantitative estimate of drug-likeness (QED) is 0.720. The maximum atomic E-state index is 12.0. The molecule has 2 heterocycles. The van der Waals surface area contributed by atoms with E-state index in [0.29, 0.717) is 18.8 Å². The Kier molecular flexibility index (Phi) is 4.31. The molecule has 0 unspecified atom stereocenters. The molecule has 0 saturated carbocycles. The number of carbonyl (C=O) groups is 1. The number of imidazole rings is 1. The first-order valence-corrected chi connectivity index (χ1v) is 8.48. The molecule has 0 bridgehead atoms. The molecule has 0 radical (unpaired) electrons. The zero-order chi connectivity index (χ0) is 17.9. The van der Waals surface area contributed by atoms with Gasteiger partial charge in [-0.3, -0.25) is 4.79 Å². The summed E-state index contributed by atoms with van der Waals surface area (Å²) in [6.45, 7) is 3.42. The summed E-state index contributed by atoms with van der Waals surface area (Å²) in [6, 6.07) is 13.6. The van der Waals surface area contributed by atoms with Crippen LogP contribution in [0.1, 0.15) is 11.4 Å². The molecule has 132 valence electrons. The van der Waals surface area contributed by atoms with E-state index in [0.717, 1.165) is 28.2 Å². The molecule has 2 aromatic carbocycles. The van der Waals surface area contributed by atoms with Crippen molar-refractivity contribution in [3.05, 3.63) is 59.9 Å². The number of ether oxygens (including phenoxy) is 2. The van der Waals surface area contributed by atoms with Gasteiger partial charge in [0, 0.05) is 19.2 Å². The molecule has 0 saturated heterocycles. The van der Waals surface area contributed by atoms with Crippen LogP contribution in [0.2, 0.25) is 0 Å². The van der Waals surface area contributed by atoms with E-state index in [1.54, 1.807) is 6.08 Å². The lowest BCUT2D eigenvalue weighted by molar-refractivity contribution is -0.116. The van der Waals surface area contributed by atoms with E-state index in [9.17, 15) is 4.79 Å². The van der Waals surface area contributed by atoms with Crippen molar-refractivity contribution in [1.82, 2.24) is 14.9 Å². The smallest absolute Gasteiger partial charge is 0.244 e. The second-order valence-electron chi connectivity index (χ2n) is 6.04. The number of amides is 1. The van der Waals surface area contributed by atoms with Gasteiger partial charge in [-0.25, -0.2) is 4.98 Å². The molecule has 1 aromatic heterocycles. The molecule has 0 spiro atoms. The number of aromatic nitrogens is 2. The first-order chi connectivity index (χ1) is 12.7. The molecule has 0 atom stereocenters. The topological polar surface area (TPSA) is 65.4 Å². The second kappa shape index (κ2) is 6.92. The molecule has 6 heteroatoms. The minimum absolute atomic E-state index is 0.134. The van der Waals surface area contributed by atoms with Crippen LogP contribution < -0.4 is 14.8 Å². The first-order valence-electron chi connectivity index (χ1n) is 8.48. The molecule has 4 rings (SSSR count). The van der Waals surface area contributed by atoms with Gasteiger partial charge in [0.2, 0.25) is 12.7 Å². The van der Waals surface area contributed by atoms with E-state index in [4.69, 9.17) is 9.47 Å². The lowest BCUT2D eigenvalue weighted by Crippen LogP contribution is -2.25. The standard InChI is InChI=1S/C20H19N3O3/c1-14-22-16-4-2-3-5-17(16)23(14)11-10-21-20(24)9-7-15-6-8-18-19(12-15)26-13-25-18/h2-9,12H,10-11,13H2,1H3,(H,21,24)/b9-7+. The van der Waals surface area contributed by atoms with Crippen molar-refractivity contribution in [3.63, 3.8) is 0 Å². The Hall–Kier alpha value is -3.28. The number of rotatable bonds is 5. The number of aryl methyl sites for hydroxylation is 1. The first kappa shape index (κ1) is 16.2. The Morgan fingerprint density at radius 2 is 2.08 bits per heavy atom. The molecule has 0 fully saturated rings. The Morgan fingerprint density at radius 1 is 1.23 bits per heavy atom. The van der Waals surface area contributed by atoms with E-state index in [-0.39, 0.29) is 12.7 Å². The van der Waals surface area contributed by atoms with Gasteiger partial charge in [-0.2, -0.15) is 0 Å². The van der Waals surface area contributed by atoms with Crippen molar-refractivity contribution < 1.29 is 14.3 Å². The zero-order valence-corrected chi connectivity index (χ0v) is 14.4. The minimum atomic E-state index is -0.134. The van der Waals surface area contributed by atoms with Crippen LogP contribution in [0.15, 0.2) is 48.5 Å². The average molecular weight is 349 g/mol. The summed E-state index contributed by atoms with van der Waals surface area (Å²) in [5.41, 5.74) is 2.94. The van der Waals surface area contributed by atoms with Crippen molar-refractivity contribution in [3.8, 4) is 11.5 Å². The highest BCUT2D eigenvalue weighted by molar-refractivity contribution is 5.91. The number of fused-ring (bicyclic) bond motifs is 2. The molecule has 1 aliphatic heterocycles. The fraction of sp³-hybridized carbons (Fsp3) is 0.200. The number of carbonyl (C=O) groups excluding carboxylic acids is 1. The monoisotopic (exact) mass is 349 g/mol. The van der Waals surface area contributed by atoms with Crippen molar-refractivity contribution >= 4 is 23.0 Å². The van der Waals surface area contributed by atoms with Gasteiger partial charge in [0.25, 0.3) is 0 Å². The second-order valence-corrected chi connectivity index (χ2v) is 6.04. The van der Waals surface area contributed by atoms with Gasteiger partial charge in [0.05, 0.1) is 11.0 Å². The van der Waals surface area contributed by atoms with Gasteiger partial charge >= 0.3 is 0 Å². The summed E-state index contributed by atoms with van der Waals surface area (Å²) in [5.74, 6) is 2.24. The Bertz CT molecular complexity index is 991. The summed E-state index contributed by atoms with van der Waals surface area (Å²) in [6.07, 6.45) is 3.28. The largest absolute Gasteiger partial charge is 0.454 e. The van der Waals surface area contributed by atoms with Crippen LogP contribution in [0.5, 0.6) is 11.5 Å². The van der Waals surface area contributed by atoms with Crippen LogP contribution in [0.3, 0.4) is 0 Å². The van der Waals surface area contributed by atoms with Gasteiger partial charge in [-0.1, -0.05) is 18.2 Å². The highest BCUT2D eigenvalue weighted by Crippen LogP contribution is 2.32. The average Bonchev–Trinajstić information content (AvgIpc) is 3.24. The van der Waals surface area contributed by atoms with E-state index in [1.165, 1.54) is 6.08 Å². The number of hydrogen-bond donors (Lipinski definition) is 1. The Balaban J connectivity index is 1.34. The van der Waals surface area contributed by atoms with Crippen LogP contribution in [-0.2, 0) is 11.3 Å². The SMILES string of the molecule is Cc1nc2ccccc2n1CCNC(=O)/C=C/c1ccc2c(c1)OCO2. The summed E-state index contributed by atoms with van der Waals surface area (Å²) in [5, 5.41) is 2.91. The van der Waals surface area contributed by atoms with Crippen molar-refractivity contribution in [2.24, 2.45) is 0 Å². The lowest BCUT2D eigenvalue weighted by atomic mass is 10.2. The summed E-state index contributed by atoms with van der Waals surface area (Å²) in [7, 11) is 0. The fourth-order valence-electron chi connectivity index (χ4n) is 3.02. The Labute approximate surface area is 151 Å². The number of hydrogen-bond acceptors (Lipinski definition) is 4. The summed E-state index contributed by atoms with van der Waals surface area (Å²) in [4.78, 5) is 16.6. The number of benzene rings is 2. The van der Waals surface area contributed by atoms with Crippen molar-refractivity contribution in [2.45, 2.75) is 13.5 Å². The Morgan fingerprint density at radius 3 is 3.00 bits per heavy atom. The van der Waals surface area contributed by atoms with Crippen LogP contribution >= 0.6 is 0 Å². The van der Waals surface area contributed by atoms with Gasteiger partial charge in [-0.15, -0.1) is 0 Å². The van der Waals surface area contributed by atoms with Crippen LogP contribution in [-0.4, -0.2) is 28.8 Å². The maximum Gasteiger partial charge on any atom is 0.244 e. The highest BCUT2D eigenvalue weighted by atomic mass is 16.7. The van der Waals surface area contributed by atoms with E-state index in [1.807, 2.05) is 49.4 Å². The van der Waals surface area contributed by atoms with Crippen LogP contribution in [0.4, 0.5) is 0 Å². The maximum absolute atomic E-state index is 12.0. The number of nitrogens with zero attached hydrogens (tertiary/aromatic N) is 2. The molecule has 26 heavy (non-hydrogen) atoms. The predicted octanol–water partition coefficient (Wildman–Crippen LogP) is 2.90.